The Balaban J connectivity index is 1.90. The highest BCUT2D eigenvalue weighted by molar-refractivity contribution is 7.13. The van der Waals surface area contributed by atoms with Gasteiger partial charge in [0.05, 0.1) is 10.6 Å². The zero-order valence-electron chi connectivity index (χ0n) is 11.7. The molecule has 20 heavy (non-hydrogen) atoms. The van der Waals surface area contributed by atoms with Gasteiger partial charge in [-0.15, -0.1) is 11.3 Å². The number of hydrogen-bond acceptors (Lipinski definition) is 4. The maximum atomic E-state index is 12.2. The van der Waals surface area contributed by atoms with Gasteiger partial charge in [-0.05, 0) is 30.8 Å². The molecule has 0 unspecified atom stereocenters. The molecular formula is C15H19N3OS. The molecule has 106 valence electrons. The Labute approximate surface area is 122 Å². The molecule has 0 bridgehead atoms. The highest BCUT2D eigenvalue weighted by atomic mass is 32.1. The smallest absolute Gasteiger partial charge is 0.254 e. The van der Waals surface area contributed by atoms with E-state index in [0.717, 1.165) is 42.2 Å². The Hall–Kier alpha value is -1.46. The largest absolute Gasteiger partial charge is 0.306 e. The van der Waals surface area contributed by atoms with Crippen LogP contribution in [0, 0.1) is 0 Å². The van der Waals surface area contributed by atoms with Crippen LogP contribution in [0.5, 0.6) is 0 Å². The zero-order chi connectivity index (χ0) is 13.9. The van der Waals surface area contributed by atoms with Gasteiger partial charge in [0.2, 0.25) is 0 Å². The van der Waals surface area contributed by atoms with E-state index in [0.29, 0.717) is 5.82 Å². The third-order valence-corrected chi connectivity index (χ3v) is 4.61. The molecule has 3 heterocycles. The molecule has 2 aromatic heterocycles. The summed E-state index contributed by atoms with van der Waals surface area (Å²) in [5.41, 5.74) is 1.87. The minimum atomic E-state index is 0.0357. The van der Waals surface area contributed by atoms with E-state index >= 15 is 0 Å². The summed E-state index contributed by atoms with van der Waals surface area (Å²) in [5.74, 6) is 0.709. The van der Waals surface area contributed by atoms with Crippen LogP contribution in [-0.4, -0.2) is 28.0 Å². The van der Waals surface area contributed by atoms with Crippen LogP contribution in [0.1, 0.15) is 31.0 Å². The van der Waals surface area contributed by atoms with Crippen molar-refractivity contribution < 1.29 is 0 Å². The summed E-state index contributed by atoms with van der Waals surface area (Å²) in [6, 6.07) is 3.97. The number of thiophene rings is 1. The van der Waals surface area contributed by atoms with E-state index < -0.39 is 0 Å². The number of unbranched alkanes of at least 4 members (excludes halogenated alkanes) is 1. The Morgan fingerprint density at radius 3 is 3.15 bits per heavy atom. The first-order chi connectivity index (χ1) is 9.78. The van der Waals surface area contributed by atoms with E-state index in [4.69, 9.17) is 0 Å². The normalized spacial score (nSPS) is 15.2. The van der Waals surface area contributed by atoms with Gasteiger partial charge in [0, 0.05) is 18.7 Å². The molecule has 1 N–H and O–H groups in total. The lowest BCUT2D eigenvalue weighted by atomic mass is 10.1. The van der Waals surface area contributed by atoms with Crippen LogP contribution in [0.3, 0.4) is 0 Å². The molecule has 0 saturated carbocycles. The van der Waals surface area contributed by atoms with Gasteiger partial charge in [-0.1, -0.05) is 19.4 Å². The molecule has 0 fully saturated rings. The second kappa shape index (κ2) is 5.89. The van der Waals surface area contributed by atoms with Gasteiger partial charge >= 0.3 is 0 Å². The third kappa shape index (κ3) is 2.69. The van der Waals surface area contributed by atoms with E-state index in [1.54, 1.807) is 11.3 Å². The predicted molar refractivity (Wildman–Crippen MR) is 82.1 cm³/mol. The first-order valence-corrected chi connectivity index (χ1v) is 8.04. The van der Waals surface area contributed by atoms with Crippen molar-refractivity contribution in [1.29, 1.82) is 0 Å². The Morgan fingerprint density at radius 2 is 2.40 bits per heavy atom. The van der Waals surface area contributed by atoms with Crippen molar-refractivity contribution in [1.82, 2.24) is 14.9 Å². The van der Waals surface area contributed by atoms with Crippen molar-refractivity contribution in [3.05, 3.63) is 39.1 Å². The molecule has 2 aromatic rings. The predicted octanol–water partition coefficient (Wildman–Crippen LogP) is 2.66. The standard InChI is InChI=1S/C15H19N3OS/c1-2-3-7-18-8-6-11-12(10-18)16-14(17-15(11)19)13-5-4-9-20-13/h4-5,9H,2-3,6-8,10H2,1H3,(H,16,17,19). The lowest BCUT2D eigenvalue weighted by molar-refractivity contribution is 0.245. The minimum Gasteiger partial charge on any atom is -0.306 e. The maximum absolute atomic E-state index is 12.2. The molecule has 1 aliphatic heterocycles. The molecular weight excluding hydrogens is 270 g/mol. The fraction of sp³-hybridized carbons (Fsp3) is 0.467. The zero-order valence-corrected chi connectivity index (χ0v) is 12.5. The summed E-state index contributed by atoms with van der Waals surface area (Å²) < 4.78 is 0. The van der Waals surface area contributed by atoms with Gasteiger partial charge in [0.25, 0.3) is 5.56 Å². The fourth-order valence-corrected chi connectivity index (χ4v) is 3.27. The molecule has 0 aromatic carbocycles. The fourth-order valence-electron chi connectivity index (χ4n) is 2.60. The first kappa shape index (κ1) is 13.5. The van der Waals surface area contributed by atoms with Crippen LogP contribution in [0.2, 0.25) is 0 Å². The van der Waals surface area contributed by atoms with Crippen LogP contribution >= 0.6 is 11.3 Å². The molecule has 0 amide bonds. The van der Waals surface area contributed by atoms with E-state index in [2.05, 4.69) is 21.8 Å². The maximum Gasteiger partial charge on any atom is 0.254 e. The molecule has 5 heteroatoms. The summed E-state index contributed by atoms with van der Waals surface area (Å²) in [6.45, 7) is 5.07. The number of rotatable bonds is 4. The average molecular weight is 289 g/mol. The van der Waals surface area contributed by atoms with Crippen LogP contribution < -0.4 is 5.56 Å². The molecule has 0 aliphatic carbocycles. The summed E-state index contributed by atoms with van der Waals surface area (Å²) in [7, 11) is 0. The van der Waals surface area contributed by atoms with Crippen molar-refractivity contribution in [3.8, 4) is 10.7 Å². The molecule has 1 aliphatic rings. The molecule has 0 saturated heterocycles. The second-order valence-corrected chi connectivity index (χ2v) is 6.14. The number of nitrogens with zero attached hydrogens (tertiary/aromatic N) is 2. The highest BCUT2D eigenvalue weighted by Gasteiger charge is 2.21. The van der Waals surface area contributed by atoms with E-state index in [-0.39, 0.29) is 5.56 Å². The van der Waals surface area contributed by atoms with Crippen LogP contribution in [0.15, 0.2) is 22.3 Å². The average Bonchev–Trinajstić information content (AvgIpc) is 2.99. The number of nitrogens with one attached hydrogen (secondary N) is 1. The molecule has 0 atom stereocenters. The Kier molecular flexibility index (Phi) is 3.98. The minimum absolute atomic E-state index is 0.0357. The van der Waals surface area contributed by atoms with Crippen molar-refractivity contribution in [3.63, 3.8) is 0 Å². The number of fused-ring (bicyclic) bond motifs is 1. The van der Waals surface area contributed by atoms with Gasteiger partial charge < -0.3 is 4.98 Å². The number of H-pyrrole nitrogens is 1. The first-order valence-electron chi connectivity index (χ1n) is 7.16. The molecule has 0 spiro atoms. The Morgan fingerprint density at radius 1 is 1.50 bits per heavy atom. The lowest BCUT2D eigenvalue weighted by Crippen LogP contribution is -2.35. The third-order valence-electron chi connectivity index (χ3n) is 3.73. The van der Waals surface area contributed by atoms with Gasteiger partial charge in [-0.3, -0.25) is 9.69 Å². The molecule has 4 nitrogen and oxygen atoms in total. The van der Waals surface area contributed by atoms with Gasteiger partial charge in [-0.2, -0.15) is 0 Å². The van der Waals surface area contributed by atoms with Gasteiger partial charge in [-0.25, -0.2) is 4.98 Å². The van der Waals surface area contributed by atoms with Crippen molar-refractivity contribution >= 4 is 11.3 Å². The monoisotopic (exact) mass is 289 g/mol. The topological polar surface area (TPSA) is 49.0 Å². The van der Waals surface area contributed by atoms with Crippen LogP contribution in [-0.2, 0) is 13.0 Å². The second-order valence-electron chi connectivity index (χ2n) is 5.20. The van der Waals surface area contributed by atoms with Gasteiger partial charge in [0.15, 0.2) is 5.82 Å². The van der Waals surface area contributed by atoms with E-state index in [1.807, 2.05) is 17.5 Å². The Bertz CT molecular complexity index is 633. The van der Waals surface area contributed by atoms with Gasteiger partial charge in [0.1, 0.15) is 0 Å². The van der Waals surface area contributed by atoms with E-state index in [1.165, 1.54) is 12.8 Å². The lowest BCUT2D eigenvalue weighted by Gasteiger charge is -2.27. The van der Waals surface area contributed by atoms with Crippen LogP contribution in [0.25, 0.3) is 10.7 Å². The van der Waals surface area contributed by atoms with Crippen LogP contribution in [0.4, 0.5) is 0 Å². The highest BCUT2D eigenvalue weighted by Crippen LogP contribution is 2.22. The van der Waals surface area contributed by atoms with Crippen molar-refractivity contribution in [2.24, 2.45) is 0 Å². The van der Waals surface area contributed by atoms with Crippen molar-refractivity contribution in [2.75, 3.05) is 13.1 Å². The SMILES string of the molecule is CCCCN1CCc2c(nc(-c3cccs3)[nH]c2=O)C1. The van der Waals surface area contributed by atoms with Crippen molar-refractivity contribution in [2.45, 2.75) is 32.7 Å². The quantitative estimate of drug-likeness (QED) is 0.941. The summed E-state index contributed by atoms with van der Waals surface area (Å²) in [6.07, 6.45) is 3.22. The number of aromatic nitrogens is 2. The molecule has 0 radical (unpaired) electrons. The number of aromatic amines is 1. The summed E-state index contributed by atoms with van der Waals surface area (Å²) in [5, 5.41) is 2.00. The van der Waals surface area contributed by atoms with E-state index in [9.17, 15) is 4.79 Å². The summed E-state index contributed by atoms with van der Waals surface area (Å²) >= 11 is 1.60. The molecule has 3 rings (SSSR count). The summed E-state index contributed by atoms with van der Waals surface area (Å²) in [4.78, 5) is 23.2. The number of hydrogen-bond donors (Lipinski definition) is 1.